The van der Waals surface area contributed by atoms with Gasteiger partial charge in [-0.25, -0.2) is 0 Å². The van der Waals surface area contributed by atoms with E-state index in [0.29, 0.717) is 0 Å². The number of hydrogen-bond acceptors (Lipinski definition) is 3. The molecule has 2 atom stereocenters. The first kappa shape index (κ1) is 14.8. The van der Waals surface area contributed by atoms with E-state index in [0.717, 1.165) is 39.9 Å². The summed E-state index contributed by atoms with van der Waals surface area (Å²) in [6, 6.07) is 2.16. The van der Waals surface area contributed by atoms with Gasteiger partial charge in [-0.15, -0.1) is 0 Å². The summed E-state index contributed by atoms with van der Waals surface area (Å²) in [5.41, 5.74) is 3.01. The van der Waals surface area contributed by atoms with Crippen molar-refractivity contribution >= 4 is 15.9 Å². The fourth-order valence-corrected chi connectivity index (χ4v) is 3.41. The number of benzene rings is 1. The number of rotatable bonds is 3. The van der Waals surface area contributed by atoms with Crippen LogP contribution in [0.3, 0.4) is 0 Å². The Morgan fingerprint density at radius 1 is 1.42 bits per heavy atom. The van der Waals surface area contributed by atoms with Gasteiger partial charge in [-0.3, -0.25) is 0 Å². The Morgan fingerprint density at radius 2 is 2.16 bits per heavy atom. The molecule has 2 unspecified atom stereocenters. The zero-order valence-electron chi connectivity index (χ0n) is 11.8. The first-order valence-corrected chi connectivity index (χ1v) is 7.60. The van der Waals surface area contributed by atoms with E-state index in [2.05, 4.69) is 21.2 Å². The number of hydrogen-bond donors (Lipinski definition) is 2. The lowest BCUT2D eigenvalue weighted by Crippen LogP contribution is -2.39. The van der Waals surface area contributed by atoms with Crippen LogP contribution < -0.4 is 10.1 Å². The van der Waals surface area contributed by atoms with Gasteiger partial charge in [-0.05, 0) is 50.4 Å². The number of aryl methyl sites for hydroxylation is 1. The predicted octanol–water partition coefficient (Wildman–Crippen LogP) is 3.25. The second-order valence-corrected chi connectivity index (χ2v) is 6.10. The van der Waals surface area contributed by atoms with Crippen molar-refractivity contribution in [2.24, 2.45) is 0 Å². The molecule has 1 fully saturated rings. The molecule has 106 valence electrons. The highest BCUT2D eigenvalue weighted by Crippen LogP contribution is 2.38. The molecule has 1 saturated heterocycles. The summed E-state index contributed by atoms with van der Waals surface area (Å²) >= 11 is 3.57. The topological polar surface area (TPSA) is 41.5 Å². The third-order valence-electron chi connectivity index (χ3n) is 3.94. The van der Waals surface area contributed by atoms with Gasteiger partial charge in [-0.2, -0.15) is 0 Å². The number of aliphatic hydroxyl groups is 1. The summed E-state index contributed by atoms with van der Waals surface area (Å²) in [6.45, 7) is 5.01. The van der Waals surface area contributed by atoms with Gasteiger partial charge >= 0.3 is 0 Å². The van der Waals surface area contributed by atoms with Gasteiger partial charge in [0.2, 0.25) is 0 Å². The maximum atomic E-state index is 10.7. The summed E-state index contributed by atoms with van der Waals surface area (Å²) in [7, 11) is 1.67. The van der Waals surface area contributed by atoms with Crippen molar-refractivity contribution in [1.82, 2.24) is 5.32 Å². The fraction of sp³-hybridized carbons (Fsp3) is 0.600. The predicted molar refractivity (Wildman–Crippen MR) is 80.8 cm³/mol. The van der Waals surface area contributed by atoms with Gasteiger partial charge in [-0.1, -0.05) is 22.4 Å². The van der Waals surface area contributed by atoms with Crippen LogP contribution in [0.25, 0.3) is 0 Å². The van der Waals surface area contributed by atoms with Gasteiger partial charge in [0.15, 0.2) is 0 Å². The third-order valence-corrected chi connectivity index (χ3v) is 4.76. The second-order valence-electron chi connectivity index (χ2n) is 5.25. The van der Waals surface area contributed by atoms with Crippen molar-refractivity contribution < 1.29 is 9.84 Å². The van der Waals surface area contributed by atoms with E-state index in [1.807, 2.05) is 19.9 Å². The van der Waals surface area contributed by atoms with E-state index < -0.39 is 6.10 Å². The van der Waals surface area contributed by atoms with Crippen molar-refractivity contribution in [3.05, 3.63) is 27.2 Å². The van der Waals surface area contributed by atoms with Gasteiger partial charge in [0.25, 0.3) is 0 Å². The normalized spacial score (nSPS) is 21.2. The molecule has 1 heterocycles. The minimum Gasteiger partial charge on any atom is -0.496 e. The molecule has 0 radical (unpaired) electrons. The van der Waals surface area contributed by atoms with Gasteiger partial charge in [0.1, 0.15) is 5.75 Å². The Labute approximate surface area is 123 Å². The molecule has 1 aliphatic heterocycles. The lowest BCUT2D eigenvalue weighted by molar-refractivity contribution is 0.110. The lowest BCUT2D eigenvalue weighted by atomic mass is 9.90. The van der Waals surface area contributed by atoms with Crippen LogP contribution in [0.1, 0.15) is 42.1 Å². The molecule has 4 heteroatoms. The molecule has 0 spiro atoms. The molecule has 0 bridgehead atoms. The van der Waals surface area contributed by atoms with Crippen molar-refractivity contribution in [3.8, 4) is 5.75 Å². The molecule has 1 aromatic rings. The lowest BCUT2D eigenvalue weighted by Gasteiger charge is -2.30. The van der Waals surface area contributed by atoms with E-state index in [4.69, 9.17) is 4.74 Å². The van der Waals surface area contributed by atoms with Gasteiger partial charge < -0.3 is 15.2 Å². The summed E-state index contributed by atoms with van der Waals surface area (Å²) in [6.07, 6.45) is 2.85. The molecule has 19 heavy (non-hydrogen) atoms. The van der Waals surface area contributed by atoms with Gasteiger partial charge in [0.05, 0.1) is 13.2 Å². The Bertz CT molecular complexity index is 456. The molecule has 1 aromatic carbocycles. The molecule has 0 aromatic heterocycles. The van der Waals surface area contributed by atoms with Crippen molar-refractivity contribution in [2.45, 2.75) is 45.3 Å². The zero-order valence-corrected chi connectivity index (χ0v) is 13.4. The molecular formula is C15H22BrNO2. The highest BCUT2D eigenvalue weighted by Gasteiger charge is 2.28. The van der Waals surface area contributed by atoms with E-state index in [1.165, 1.54) is 12.8 Å². The summed E-state index contributed by atoms with van der Waals surface area (Å²) in [5.74, 6) is 0.806. The van der Waals surface area contributed by atoms with Crippen LogP contribution in [0.15, 0.2) is 10.5 Å². The van der Waals surface area contributed by atoms with Crippen molar-refractivity contribution in [3.63, 3.8) is 0 Å². The van der Waals surface area contributed by atoms with Crippen LogP contribution in [0.4, 0.5) is 0 Å². The Kier molecular flexibility index (Phi) is 4.87. The van der Waals surface area contributed by atoms with Crippen LogP contribution in [0.5, 0.6) is 5.75 Å². The first-order valence-electron chi connectivity index (χ1n) is 6.81. The van der Waals surface area contributed by atoms with Crippen molar-refractivity contribution in [2.75, 3.05) is 13.7 Å². The maximum Gasteiger partial charge on any atom is 0.127 e. The molecule has 0 saturated carbocycles. The molecule has 0 amide bonds. The third kappa shape index (κ3) is 2.96. The highest BCUT2D eigenvalue weighted by molar-refractivity contribution is 9.10. The fourth-order valence-electron chi connectivity index (χ4n) is 2.85. The Morgan fingerprint density at radius 3 is 2.74 bits per heavy atom. The van der Waals surface area contributed by atoms with Crippen molar-refractivity contribution in [1.29, 1.82) is 0 Å². The Balaban J connectivity index is 2.41. The molecule has 2 rings (SSSR count). The summed E-state index contributed by atoms with van der Waals surface area (Å²) in [4.78, 5) is 0. The number of piperidine rings is 1. The number of methoxy groups -OCH3 is 1. The number of halogens is 1. The molecule has 1 aliphatic rings. The monoisotopic (exact) mass is 327 g/mol. The standard InChI is InChI=1S/C15H22BrNO2/c1-9-8-11(16)10(2)13(15(9)19-3)14(18)12-6-4-5-7-17-12/h8,12,14,17-18H,4-7H2,1-3H3. The average Bonchev–Trinajstić information content (AvgIpc) is 2.42. The number of ether oxygens (including phenoxy) is 1. The first-order chi connectivity index (χ1) is 9.06. The van der Waals surface area contributed by atoms with Crippen LogP contribution in [0.2, 0.25) is 0 Å². The number of aliphatic hydroxyl groups excluding tert-OH is 1. The molecular weight excluding hydrogens is 306 g/mol. The largest absolute Gasteiger partial charge is 0.496 e. The maximum absolute atomic E-state index is 10.7. The van der Waals surface area contributed by atoms with Crippen LogP contribution in [-0.4, -0.2) is 24.8 Å². The average molecular weight is 328 g/mol. The molecule has 3 nitrogen and oxygen atoms in total. The second kappa shape index (κ2) is 6.25. The van der Waals surface area contributed by atoms with E-state index in [1.54, 1.807) is 7.11 Å². The SMILES string of the molecule is COc1c(C)cc(Br)c(C)c1C(O)C1CCCCN1. The van der Waals surface area contributed by atoms with Gasteiger partial charge in [0, 0.05) is 16.1 Å². The highest BCUT2D eigenvalue weighted by atomic mass is 79.9. The van der Waals surface area contributed by atoms with Crippen LogP contribution >= 0.6 is 15.9 Å². The van der Waals surface area contributed by atoms with Crippen LogP contribution in [-0.2, 0) is 0 Å². The van der Waals surface area contributed by atoms with Crippen LogP contribution in [0, 0.1) is 13.8 Å². The van der Waals surface area contributed by atoms with E-state index in [-0.39, 0.29) is 6.04 Å². The minimum atomic E-state index is -0.522. The van der Waals surface area contributed by atoms with E-state index in [9.17, 15) is 5.11 Å². The number of nitrogens with one attached hydrogen (secondary N) is 1. The summed E-state index contributed by atoms with van der Waals surface area (Å²) < 4.78 is 6.54. The zero-order chi connectivity index (χ0) is 14.0. The summed E-state index contributed by atoms with van der Waals surface area (Å²) in [5, 5.41) is 14.1. The van der Waals surface area contributed by atoms with E-state index >= 15 is 0 Å². The quantitative estimate of drug-likeness (QED) is 0.895. The smallest absolute Gasteiger partial charge is 0.127 e. The minimum absolute atomic E-state index is 0.120. The Hall–Kier alpha value is -0.580. The molecule has 2 N–H and O–H groups in total. The molecule has 0 aliphatic carbocycles.